The summed E-state index contributed by atoms with van der Waals surface area (Å²) >= 11 is 5.11. The molecule has 0 aliphatic rings. The second kappa shape index (κ2) is 6.35. The zero-order valence-corrected chi connectivity index (χ0v) is 11.1. The maximum absolute atomic E-state index is 11.2. The molecule has 0 atom stereocenters. The smallest absolute Gasteiger partial charge is 0.412 e. The van der Waals surface area contributed by atoms with Crippen molar-refractivity contribution in [2.45, 2.75) is 26.7 Å². The van der Waals surface area contributed by atoms with Crippen LogP contribution in [0.2, 0.25) is 0 Å². The van der Waals surface area contributed by atoms with E-state index in [1.54, 1.807) is 6.92 Å². The number of carbonyl (C=O) groups excluding carboxylic acids is 1. The van der Waals surface area contributed by atoms with Crippen molar-refractivity contribution in [3.05, 3.63) is 35.4 Å². The van der Waals surface area contributed by atoms with E-state index in [-0.39, 0.29) is 0 Å². The summed E-state index contributed by atoms with van der Waals surface area (Å²) in [5, 5.41) is 2.52. The van der Waals surface area contributed by atoms with Gasteiger partial charge in [0, 0.05) is 5.56 Å². The molecule has 1 N–H and O–H groups in total. The highest BCUT2D eigenvalue weighted by atomic mass is 32.1. The molecule has 0 bridgehead atoms. The third kappa shape index (κ3) is 4.15. The maximum atomic E-state index is 11.2. The Morgan fingerprint density at radius 3 is 2.41 bits per heavy atom. The predicted octanol–water partition coefficient (Wildman–Crippen LogP) is 3.23. The van der Waals surface area contributed by atoms with Gasteiger partial charge in [0.05, 0.1) is 6.61 Å². The third-order valence-electron chi connectivity index (χ3n) is 2.33. The molecule has 1 aromatic rings. The monoisotopic (exact) mass is 251 g/mol. The van der Waals surface area contributed by atoms with Crippen LogP contribution >= 0.6 is 12.2 Å². The Hall–Kier alpha value is -1.42. The Morgan fingerprint density at radius 1 is 1.35 bits per heavy atom. The van der Waals surface area contributed by atoms with E-state index >= 15 is 0 Å². The largest absolute Gasteiger partial charge is 0.450 e. The van der Waals surface area contributed by atoms with Gasteiger partial charge in [-0.15, -0.1) is 0 Å². The topological polar surface area (TPSA) is 38.3 Å². The van der Waals surface area contributed by atoms with Crippen LogP contribution in [0.3, 0.4) is 0 Å². The molecule has 3 nitrogen and oxygen atoms in total. The Labute approximate surface area is 107 Å². The van der Waals surface area contributed by atoms with Crippen molar-refractivity contribution >= 4 is 23.3 Å². The summed E-state index contributed by atoms with van der Waals surface area (Å²) in [6, 6.07) is 7.84. The molecule has 0 saturated carbocycles. The van der Waals surface area contributed by atoms with Crippen LogP contribution < -0.4 is 5.32 Å². The first-order valence-corrected chi connectivity index (χ1v) is 6.03. The lowest BCUT2D eigenvalue weighted by atomic mass is 10.0. The molecule has 1 amide bonds. The van der Waals surface area contributed by atoms with Gasteiger partial charge in [-0.2, -0.15) is 0 Å². The summed E-state index contributed by atoms with van der Waals surface area (Å²) in [6.45, 7) is 6.34. The molecular weight excluding hydrogens is 234 g/mol. The van der Waals surface area contributed by atoms with Crippen molar-refractivity contribution in [1.29, 1.82) is 0 Å². The van der Waals surface area contributed by atoms with Gasteiger partial charge in [0.25, 0.3) is 0 Å². The van der Waals surface area contributed by atoms with Crippen LogP contribution in [-0.2, 0) is 4.74 Å². The maximum Gasteiger partial charge on any atom is 0.412 e. The summed E-state index contributed by atoms with van der Waals surface area (Å²) in [5.41, 5.74) is 2.06. The van der Waals surface area contributed by atoms with E-state index in [9.17, 15) is 4.79 Å². The van der Waals surface area contributed by atoms with Crippen molar-refractivity contribution in [2.75, 3.05) is 6.61 Å². The van der Waals surface area contributed by atoms with Crippen LogP contribution in [0.4, 0.5) is 4.79 Å². The van der Waals surface area contributed by atoms with Gasteiger partial charge in [-0.25, -0.2) is 4.79 Å². The number of carbonyl (C=O) groups is 1. The first-order chi connectivity index (χ1) is 8.04. The van der Waals surface area contributed by atoms with E-state index < -0.39 is 6.09 Å². The van der Waals surface area contributed by atoms with Gasteiger partial charge in [-0.1, -0.05) is 50.3 Å². The van der Waals surface area contributed by atoms with Crippen molar-refractivity contribution in [2.24, 2.45) is 0 Å². The van der Waals surface area contributed by atoms with E-state index in [1.807, 2.05) is 24.3 Å². The number of nitrogens with one attached hydrogen (secondary N) is 1. The van der Waals surface area contributed by atoms with Gasteiger partial charge in [0.2, 0.25) is 0 Å². The third-order valence-corrected chi connectivity index (χ3v) is 2.67. The highest BCUT2D eigenvalue weighted by Gasteiger charge is 2.07. The van der Waals surface area contributed by atoms with Crippen LogP contribution in [-0.4, -0.2) is 17.7 Å². The zero-order chi connectivity index (χ0) is 12.8. The van der Waals surface area contributed by atoms with E-state index in [1.165, 1.54) is 5.56 Å². The van der Waals surface area contributed by atoms with E-state index in [2.05, 4.69) is 19.2 Å². The molecule has 0 fully saturated rings. The lowest BCUT2D eigenvalue weighted by Crippen LogP contribution is -2.30. The van der Waals surface area contributed by atoms with Crippen LogP contribution in [0, 0.1) is 0 Å². The van der Waals surface area contributed by atoms with Crippen molar-refractivity contribution in [3.8, 4) is 0 Å². The fourth-order valence-corrected chi connectivity index (χ4v) is 1.57. The number of hydrogen-bond donors (Lipinski definition) is 1. The molecule has 0 radical (unpaired) electrons. The van der Waals surface area contributed by atoms with Crippen LogP contribution in [0.1, 0.15) is 37.8 Å². The summed E-state index contributed by atoms with van der Waals surface area (Å²) in [5.74, 6) is 0.482. The normalized spacial score (nSPS) is 10.1. The summed E-state index contributed by atoms with van der Waals surface area (Å²) in [7, 11) is 0. The first-order valence-electron chi connectivity index (χ1n) is 5.62. The molecule has 0 heterocycles. The van der Waals surface area contributed by atoms with E-state index in [0.29, 0.717) is 17.5 Å². The fraction of sp³-hybridized carbons (Fsp3) is 0.385. The van der Waals surface area contributed by atoms with Gasteiger partial charge in [-0.05, 0) is 18.4 Å². The number of amides is 1. The standard InChI is InChI=1S/C13H17NO2S/c1-4-16-13(15)14-12(17)11-7-5-10(6-8-11)9(2)3/h5-9H,4H2,1-3H3,(H,14,15,17). The highest BCUT2D eigenvalue weighted by molar-refractivity contribution is 7.80. The van der Waals surface area contributed by atoms with Crippen molar-refractivity contribution < 1.29 is 9.53 Å². The molecule has 1 aromatic carbocycles. The van der Waals surface area contributed by atoms with Gasteiger partial charge in [0.15, 0.2) is 0 Å². The Morgan fingerprint density at radius 2 is 1.94 bits per heavy atom. The lowest BCUT2D eigenvalue weighted by Gasteiger charge is -2.09. The van der Waals surface area contributed by atoms with Crippen molar-refractivity contribution in [1.82, 2.24) is 5.32 Å². The summed E-state index contributed by atoms with van der Waals surface area (Å²) in [6.07, 6.45) is -0.509. The van der Waals surface area contributed by atoms with Crippen molar-refractivity contribution in [3.63, 3.8) is 0 Å². The second-order valence-electron chi connectivity index (χ2n) is 3.95. The number of hydrogen-bond acceptors (Lipinski definition) is 3. The van der Waals surface area contributed by atoms with Crippen LogP contribution in [0.5, 0.6) is 0 Å². The highest BCUT2D eigenvalue weighted by Crippen LogP contribution is 2.14. The Balaban J connectivity index is 2.67. The zero-order valence-electron chi connectivity index (χ0n) is 10.3. The lowest BCUT2D eigenvalue weighted by molar-refractivity contribution is 0.158. The summed E-state index contributed by atoms with van der Waals surface area (Å²) < 4.78 is 4.76. The molecule has 0 aliphatic heterocycles. The van der Waals surface area contributed by atoms with Gasteiger partial charge in [-0.3, -0.25) is 5.32 Å². The molecule has 0 unspecified atom stereocenters. The molecule has 17 heavy (non-hydrogen) atoms. The number of benzene rings is 1. The first kappa shape index (κ1) is 13.6. The van der Waals surface area contributed by atoms with Crippen LogP contribution in [0.25, 0.3) is 0 Å². The minimum Gasteiger partial charge on any atom is -0.450 e. The Kier molecular flexibility index (Phi) is 5.10. The van der Waals surface area contributed by atoms with Gasteiger partial charge in [0.1, 0.15) is 4.99 Å². The molecular formula is C13H17NO2S. The van der Waals surface area contributed by atoms with Crippen LogP contribution in [0.15, 0.2) is 24.3 Å². The molecule has 0 aromatic heterocycles. The van der Waals surface area contributed by atoms with E-state index in [4.69, 9.17) is 17.0 Å². The minimum atomic E-state index is -0.509. The quantitative estimate of drug-likeness (QED) is 0.838. The summed E-state index contributed by atoms with van der Waals surface area (Å²) in [4.78, 5) is 11.6. The average Bonchev–Trinajstić information content (AvgIpc) is 2.29. The van der Waals surface area contributed by atoms with Gasteiger partial charge < -0.3 is 4.74 Å². The predicted molar refractivity (Wildman–Crippen MR) is 72.4 cm³/mol. The molecule has 1 rings (SSSR count). The van der Waals surface area contributed by atoms with E-state index in [0.717, 1.165) is 5.56 Å². The molecule has 0 spiro atoms. The molecule has 4 heteroatoms. The molecule has 92 valence electrons. The second-order valence-corrected chi connectivity index (χ2v) is 4.36. The minimum absolute atomic E-state index is 0.334. The molecule has 0 aliphatic carbocycles. The average molecular weight is 251 g/mol. The number of alkyl carbamates (subject to hydrolysis) is 1. The molecule has 0 saturated heterocycles. The fourth-order valence-electron chi connectivity index (χ4n) is 1.35. The SMILES string of the molecule is CCOC(=O)NC(=S)c1ccc(C(C)C)cc1. The Bertz CT molecular complexity index is 398. The number of ether oxygens (including phenoxy) is 1. The number of thiocarbonyl (C=S) groups is 1. The van der Waals surface area contributed by atoms with Gasteiger partial charge >= 0.3 is 6.09 Å². The number of rotatable bonds is 3.